The first-order valence-corrected chi connectivity index (χ1v) is 3.04. The molecule has 0 aliphatic rings. The Bertz CT molecular complexity index is 157. The molecule has 0 rings (SSSR count). The summed E-state index contributed by atoms with van der Waals surface area (Å²) in [5.74, 6) is -0.954. The highest BCUT2D eigenvalue weighted by molar-refractivity contribution is 5.74. The molecular formula is C5H9NO5. The van der Waals surface area contributed by atoms with Gasteiger partial charge in [0.15, 0.2) is 0 Å². The first-order valence-electron chi connectivity index (χ1n) is 3.04. The Morgan fingerprint density at radius 3 is 2.73 bits per heavy atom. The van der Waals surface area contributed by atoms with E-state index in [2.05, 4.69) is 4.74 Å². The van der Waals surface area contributed by atoms with E-state index in [9.17, 15) is 14.9 Å². The van der Waals surface area contributed by atoms with Crippen molar-refractivity contribution >= 4 is 5.97 Å². The lowest BCUT2D eigenvalue weighted by Crippen LogP contribution is -2.30. The Morgan fingerprint density at radius 2 is 2.36 bits per heavy atom. The zero-order chi connectivity index (χ0) is 8.85. The standard InChI is InChI=1S/C5H9NO5/c1-2-11-5(8)4(7)3-6(9)10/h4,7H,2-3H2,1H3. The second-order valence-corrected chi connectivity index (χ2v) is 1.78. The van der Waals surface area contributed by atoms with Crippen LogP contribution >= 0.6 is 0 Å². The third-order valence-electron chi connectivity index (χ3n) is 0.881. The van der Waals surface area contributed by atoms with E-state index in [4.69, 9.17) is 5.11 Å². The summed E-state index contributed by atoms with van der Waals surface area (Å²) in [6.45, 7) is 0.850. The first kappa shape index (κ1) is 9.83. The summed E-state index contributed by atoms with van der Waals surface area (Å²) < 4.78 is 4.31. The van der Waals surface area contributed by atoms with Gasteiger partial charge in [-0.3, -0.25) is 10.1 Å². The van der Waals surface area contributed by atoms with E-state index in [1.165, 1.54) is 0 Å². The number of ether oxygens (including phenoxy) is 1. The van der Waals surface area contributed by atoms with Crippen molar-refractivity contribution in [3.8, 4) is 0 Å². The van der Waals surface area contributed by atoms with Crippen molar-refractivity contribution in [3.05, 3.63) is 10.1 Å². The van der Waals surface area contributed by atoms with E-state index in [-0.39, 0.29) is 6.61 Å². The molecule has 0 heterocycles. The number of carbonyl (C=O) groups is 1. The predicted molar refractivity (Wildman–Crippen MR) is 34.5 cm³/mol. The summed E-state index contributed by atoms with van der Waals surface area (Å²) >= 11 is 0. The summed E-state index contributed by atoms with van der Waals surface area (Å²) in [4.78, 5) is 19.5. The molecule has 0 aromatic rings. The minimum absolute atomic E-state index is 0.105. The van der Waals surface area contributed by atoms with Gasteiger partial charge in [-0.05, 0) is 6.92 Å². The number of aliphatic hydroxyl groups excluding tert-OH is 1. The molecule has 11 heavy (non-hydrogen) atoms. The van der Waals surface area contributed by atoms with Gasteiger partial charge in [-0.2, -0.15) is 0 Å². The summed E-state index contributed by atoms with van der Waals surface area (Å²) in [6, 6.07) is 0. The maximum Gasteiger partial charge on any atom is 0.341 e. The lowest BCUT2D eigenvalue weighted by atomic mass is 10.4. The Labute approximate surface area is 62.9 Å². The van der Waals surface area contributed by atoms with Gasteiger partial charge in [0.05, 0.1) is 6.61 Å². The Hall–Kier alpha value is -1.17. The molecule has 0 bridgehead atoms. The quantitative estimate of drug-likeness (QED) is 0.332. The lowest BCUT2D eigenvalue weighted by Gasteiger charge is -2.03. The van der Waals surface area contributed by atoms with E-state index >= 15 is 0 Å². The van der Waals surface area contributed by atoms with Gasteiger partial charge in [-0.1, -0.05) is 0 Å². The molecule has 0 aromatic heterocycles. The zero-order valence-electron chi connectivity index (χ0n) is 6.02. The van der Waals surface area contributed by atoms with Crippen molar-refractivity contribution in [2.75, 3.05) is 13.2 Å². The molecule has 6 heteroatoms. The highest BCUT2D eigenvalue weighted by atomic mass is 16.6. The minimum atomic E-state index is -1.65. The van der Waals surface area contributed by atoms with Gasteiger partial charge in [0.25, 0.3) is 0 Å². The van der Waals surface area contributed by atoms with Crippen molar-refractivity contribution in [1.82, 2.24) is 0 Å². The van der Waals surface area contributed by atoms with Crippen LogP contribution in [0.25, 0.3) is 0 Å². The SMILES string of the molecule is CCOC(=O)C(O)C[N+](=O)[O-]. The highest BCUT2D eigenvalue weighted by Gasteiger charge is 2.21. The molecule has 0 aromatic carbocycles. The number of nitrogens with zero attached hydrogens (tertiary/aromatic N) is 1. The number of carbonyl (C=O) groups excluding carboxylic acids is 1. The Balaban J connectivity index is 3.73. The number of aliphatic hydroxyl groups is 1. The van der Waals surface area contributed by atoms with Gasteiger partial charge >= 0.3 is 5.97 Å². The van der Waals surface area contributed by atoms with E-state index in [0.29, 0.717) is 0 Å². The fourth-order valence-electron chi connectivity index (χ4n) is 0.454. The van der Waals surface area contributed by atoms with E-state index in [1.54, 1.807) is 6.92 Å². The lowest BCUT2D eigenvalue weighted by molar-refractivity contribution is -0.488. The fraction of sp³-hybridized carbons (Fsp3) is 0.800. The molecule has 64 valence electrons. The Kier molecular flexibility index (Phi) is 4.12. The molecule has 1 atom stereocenters. The van der Waals surface area contributed by atoms with Crippen molar-refractivity contribution in [2.45, 2.75) is 13.0 Å². The van der Waals surface area contributed by atoms with Crippen molar-refractivity contribution < 1.29 is 19.6 Å². The van der Waals surface area contributed by atoms with Crippen LogP contribution in [0.2, 0.25) is 0 Å². The smallest absolute Gasteiger partial charge is 0.341 e. The van der Waals surface area contributed by atoms with Crippen LogP contribution in [0.15, 0.2) is 0 Å². The van der Waals surface area contributed by atoms with Gasteiger partial charge < -0.3 is 9.84 Å². The predicted octanol–water partition coefficient (Wildman–Crippen LogP) is -0.813. The molecule has 0 amide bonds. The number of rotatable bonds is 4. The molecular weight excluding hydrogens is 154 g/mol. The van der Waals surface area contributed by atoms with Crippen LogP contribution < -0.4 is 0 Å². The fourth-order valence-corrected chi connectivity index (χ4v) is 0.454. The molecule has 0 saturated heterocycles. The summed E-state index contributed by atoms with van der Waals surface area (Å²) in [5, 5.41) is 18.5. The van der Waals surface area contributed by atoms with Crippen LogP contribution in [0.3, 0.4) is 0 Å². The van der Waals surface area contributed by atoms with Crippen LogP contribution in [0.1, 0.15) is 6.92 Å². The number of hydrogen-bond acceptors (Lipinski definition) is 5. The van der Waals surface area contributed by atoms with Crippen LogP contribution in [0.4, 0.5) is 0 Å². The van der Waals surface area contributed by atoms with Crippen molar-refractivity contribution in [1.29, 1.82) is 0 Å². The van der Waals surface area contributed by atoms with Gasteiger partial charge in [-0.15, -0.1) is 0 Å². The molecule has 0 aliphatic heterocycles. The van der Waals surface area contributed by atoms with Crippen LogP contribution in [-0.2, 0) is 9.53 Å². The largest absolute Gasteiger partial charge is 0.464 e. The first-order chi connectivity index (χ1) is 5.07. The molecule has 0 aliphatic carbocycles. The van der Waals surface area contributed by atoms with E-state index < -0.39 is 23.5 Å². The average Bonchev–Trinajstić information content (AvgIpc) is 1.86. The summed E-state index contributed by atoms with van der Waals surface area (Å²) in [6.07, 6.45) is -1.65. The van der Waals surface area contributed by atoms with Gasteiger partial charge in [0, 0.05) is 4.92 Å². The van der Waals surface area contributed by atoms with Crippen LogP contribution in [0, 0.1) is 10.1 Å². The average molecular weight is 163 g/mol. The van der Waals surface area contributed by atoms with E-state index in [0.717, 1.165) is 0 Å². The molecule has 0 radical (unpaired) electrons. The summed E-state index contributed by atoms with van der Waals surface area (Å²) in [7, 11) is 0. The highest BCUT2D eigenvalue weighted by Crippen LogP contribution is 1.88. The molecule has 1 N–H and O–H groups in total. The maximum atomic E-state index is 10.5. The minimum Gasteiger partial charge on any atom is -0.464 e. The molecule has 6 nitrogen and oxygen atoms in total. The monoisotopic (exact) mass is 163 g/mol. The van der Waals surface area contributed by atoms with E-state index in [1.807, 2.05) is 0 Å². The zero-order valence-corrected chi connectivity index (χ0v) is 6.02. The third-order valence-corrected chi connectivity index (χ3v) is 0.881. The topological polar surface area (TPSA) is 89.7 Å². The van der Waals surface area contributed by atoms with Crippen LogP contribution in [0.5, 0.6) is 0 Å². The van der Waals surface area contributed by atoms with Crippen LogP contribution in [-0.4, -0.2) is 35.3 Å². The van der Waals surface area contributed by atoms with Crippen molar-refractivity contribution in [3.63, 3.8) is 0 Å². The Morgan fingerprint density at radius 1 is 1.82 bits per heavy atom. The number of esters is 1. The molecule has 0 fully saturated rings. The molecule has 1 unspecified atom stereocenters. The third kappa shape index (κ3) is 4.26. The van der Waals surface area contributed by atoms with Crippen molar-refractivity contribution in [2.24, 2.45) is 0 Å². The second kappa shape index (κ2) is 4.62. The van der Waals surface area contributed by atoms with Gasteiger partial charge in [0.1, 0.15) is 0 Å². The molecule has 0 saturated carbocycles. The number of nitro groups is 1. The number of hydrogen-bond donors (Lipinski definition) is 1. The van der Waals surface area contributed by atoms with Gasteiger partial charge in [-0.25, -0.2) is 4.79 Å². The normalized spacial score (nSPS) is 12.2. The molecule has 0 spiro atoms. The maximum absolute atomic E-state index is 10.5. The van der Waals surface area contributed by atoms with Gasteiger partial charge in [0.2, 0.25) is 12.6 Å². The summed E-state index contributed by atoms with van der Waals surface area (Å²) in [5.41, 5.74) is 0. The second-order valence-electron chi connectivity index (χ2n) is 1.78.